The molecule has 1 aliphatic heterocycles. The number of hydrogen-bond donors (Lipinski definition) is 2. The summed E-state index contributed by atoms with van der Waals surface area (Å²) in [5, 5.41) is 16.3. The van der Waals surface area contributed by atoms with Crippen LogP contribution in [-0.4, -0.2) is 17.6 Å². The topological polar surface area (TPSA) is 82.0 Å². The van der Waals surface area contributed by atoms with Crippen LogP contribution in [0.1, 0.15) is 30.4 Å². The average molecular weight is 426 g/mol. The molecule has 2 amide bonds. The molecule has 1 atom stereocenters. The summed E-state index contributed by atoms with van der Waals surface area (Å²) < 4.78 is 0. The van der Waals surface area contributed by atoms with Crippen LogP contribution in [0.15, 0.2) is 59.1 Å². The number of amides is 2. The van der Waals surface area contributed by atoms with E-state index in [4.69, 9.17) is 11.6 Å². The van der Waals surface area contributed by atoms with E-state index in [1.54, 1.807) is 12.1 Å². The molecule has 5 nitrogen and oxygen atoms in total. The molecule has 1 heterocycles. The van der Waals surface area contributed by atoms with Gasteiger partial charge in [0.1, 0.15) is 0 Å². The van der Waals surface area contributed by atoms with Gasteiger partial charge in [-0.15, -0.1) is 0 Å². The molecule has 148 valence electrons. The molecule has 2 N–H and O–H groups in total. The van der Waals surface area contributed by atoms with Gasteiger partial charge in [0.25, 0.3) is 0 Å². The smallest absolute Gasteiger partial charge is 0.234 e. The molecule has 0 aliphatic carbocycles. The summed E-state index contributed by atoms with van der Waals surface area (Å²) in [7, 11) is 0. The van der Waals surface area contributed by atoms with Gasteiger partial charge in [-0.05, 0) is 41.8 Å². The second kappa shape index (κ2) is 9.64. The fourth-order valence-corrected chi connectivity index (χ4v) is 4.07. The Bertz CT molecular complexity index is 979. The summed E-state index contributed by atoms with van der Waals surface area (Å²) in [6.45, 7) is 2.07. The van der Waals surface area contributed by atoms with Crippen LogP contribution in [0.4, 0.5) is 5.69 Å². The molecule has 2 aromatic carbocycles. The van der Waals surface area contributed by atoms with Gasteiger partial charge in [-0.25, -0.2) is 0 Å². The van der Waals surface area contributed by atoms with E-state index < -0.39 is 0 Å². The summed E-state index contributed by atoms with van der Waals surface area (Å²) in [4.78, 5) is 24.5. The maximum atomic E-state index is 12.3. The van der Waals surface area contributed by atoms with Crippen LogP contribution in [0.2, 0.25) is 5.02 Å². The lowest BCUT2D eigenvalue weighted by molar-refractivity contribution is -0.121. The van der Waals surface area contributed by atoms with E-state index in [-0.39, 0.29) is 29.9 Å². The molecule has 7 heteroatoms. The predicted molar refractivity (Wildman–Crippen MR) is 116 cm³/mol. The molecule has 1 aliphatic rings. The summed E-state index contributed by atoms with van der Waals surface area (Å²) >= 11 is 7.10. The highest BCUT2D eigenvalue weighted by atomic mass is 35.5. The van der Waals surface area contributed by atoms with E-state index in [9.17, 15) is 14.9 Å². The summed E-state index contributed by atoms with van der Waals surface area (Å²) in [5.41, 5.74) is 3.21. The van der Waals surface area contributed by atoms with Gasteiger partial charge >= 0.3 is 0 Å². The molecule has 0 saturated carbocycles. The highest BCUT2D eigenvalue weighted by Crippen LogP contribution is 2.36. The van der Waals surface area contributed by atoms with Gasteiger partial charge in [0.05, 0.1) is 22.4 Å². The summed E-state index contributed by atoms with van der Waals surface area (Å²) in [6, 6.07) is 17.0. The van der Waals surface area contributed by atoms with E-state index in [2.05, 4.69) is 23.6 Å². The van der Waals surface area contributed by atoms with Crippen molar-refractivity contribution < 1.29 is 9.59 Å². The van der Waals surface area contributed by atoms with E-state index in [1.807, 2.05) is 36.4 Å². The molecule has 0 aromatic heterocycles. The van der Waals surface area contributed by atoms with Gasteiger partial charge in [0.2, 0.25) is 11.8 Å². The average Bonchev–Trinajstić information content (AvgIpc) is 2.73. The van der Waals surface area contributed by atoms with E-state index in [1.165, 1.54) is 5.56 Å². The van der Waals surface area contributed by atoms with Gasteiger partial charge in [-0.3, -0.25) is 9.59 Å². The number of nitriles is 1. The molecular weight excluding hydrogens is 406 g/mol. The highest BCUT2D eigenvalue weighted by molar-refractivity contribution is 8.03. The normalized spacial score (nSPS) is 16.2. The van der Waals surface area contributed by atoms with Crippen LogP contribution in [-0.2, 0) is 16.0 Å². The predicted octanol–water partition coefficient (Wildman–Crippen LogP) is 4.61. The third kappa shape index (κ3) is 5.41. The number of rotatable bonds is 6. The van der Waals surface area contributed by atoms with Crippen LogP contribution in [0, 0.1) is 11.3 Å². The minimum absolute atomic E-state index is 0.0870. The van der Waals surface area contributed by atoms with Crippen molar-refractivity contribution in [3.63, 3.8) is 0 Å². The van der Waals surface area contributed by atoms with E-state index in [0.717, 1.165) is 23.7 Å². The largest absolute Gasteiger partial charge is 0.325 e. The number of nitrogens with zero attached hydrogens (tertiary/aromatic N) is 1. The third-order valence-electron chi connectivity index (χ3n) is 4.62. The first-order chi connectivity index (χ1) is 14.0. The Kier molecular flexibility index (Phi) is 6.97. The monoisotopic (exact) mass is 425 g/mol. The van der Waals surface area contributed by atoms with Gasteiger partial charge in [-0.1, -0.05) is 54.6 Å². The van der Waals surface area contributed by atoms with Gasteiger partial charge in [-0.2, -0.15) is 5.26 Å². The molecule has 0 spiro atoms. The number of benzene rings is 2. The van der Waals surface area contributed by atoms with Crippen molar-refractivity contribution in [3.05, 3.63) is 75.3 Å². The minimum Gasteiger partial charge on any atom is -0.325 e. The lowest BCUT2D eigenvalue weighted by atomic mass is 9.87. The maximum absolute atomic E-state index is 12.3. The van der Waals surface area contributed by atoms with Gasteiger partial charge < -0.3 is 10.6 Å². The van der Waals surface area contributed by atoms with Crippen molar-refractivity contribution in [2.24, 2.45) is 0 Å². The lowest BCUT2D eigenvalue weighted by Crippen LogP contribution is -2.31. The second-order valence-electron chi connectivity index (χ2n) is 6.60. The number of halogens is 1. The number of thioether (sulfide) groups is 1. The fraction of sp³-hybridized carbons (Fsp3) is 0.227. The van der Waals surface area contributed by atoms with Crippen LogP contribution >= 0.6 is 23.4 Å². The molecule has 0 radical (unpaired) electrons. The first-order valence-corrected chi connectivity index (χ1v) is 10.6. The molecule has 0 saturated heterocycles. The quantitative estimate of drug-likeness (QED) is 0.707. The van der Waals surface area contributed by atoms with Gasteiger partial charge in [0.15, 0.2) is 0 Å². The zero-order valence-corrected chi connectivity index (χ0v) is 17.4. The Balaban J connectivity index is 1.71. The Morgan fingerprint density at radius 1 is 1.24 bits per heavy atom. The molecule has 2 aromatic rings. The number of carbonyl (C=O) groups excluding carboxylic acids is 2. The summed E-state index contributed by atoms with van der Waals surface area (Å²) in [5.74, 6) is -0.643. The number of allylic oxidation sites excluding steroid dienone is 1. The van der Waals surface area contributed by atoms with E-state index >= 15 is 0 Å². The van der Waals surface area contributed by atoms with Crippen LogP contribution in [0.5, 0.6) is 0 Å². The Morgan fingerprint density at radius 2 is 1.93 bits per heavy atom. The fourth-order valence-electron chi connectivity index (χ4n) is 3.07. The molecule has 0 unspecified atom stereocenters. The number of hydrogen-bond acceptors (Lipinski definition) is 4. The van der Waals surface area contributed by atoms with Crippen LogP contribution in [0.3, 0.4) is 0 Å². The molecular formula is C22H20ClN3O2S. The SMILES string of the molecule is CCc1ccc(NC(=O)CSC2=C(C#N)[C@@H](c3ccc(Cl)cc3)CC(=O)N2)cc1. The van der Waals surface area contributed by atoms with Gasteiger partial charge in [0, 0.05) is 23.0 Å². The lowest BCUT2D eigenvalue weighted by Gasteiger charge is -2.25. The Morgan fingerprint density at radius 3 is 2.55 bits per heavy atom. The molecule has 0 bridgehead atoms. The third-order valence-corrected chi connectivity index (χ3v) is 5.89. The number of carbonyl (C=O) groups is 2. The maximum Gasteiger partial charge on any atom is 0.234 e. The van der Waals surface area contributed by atoms with Crippen molar-refractivity contribution in [2.75, 3.05) is 11.1 Å². The van der Waals surface area contributed by atoms with Crippen molar-refractivity contribution in [1.29, 1.82) is 5.26 Å². The second-order valence-corrected chi connectivity index (χ2v) is 8.02. The molecule has 3 rings (SSSR count). The van der Waals surface area contributed by atoms with Crippen molar-refractivity contribution in [3.8, 4) is 6.07 Å². The van der Waals surface area contributed by atoms with Crippen molar-refractivity contribution in [2.45, 2.75) is 25.7 Å². The first-order valence-electron chi connectivity index (χ1n) is 9.21. The highest BCUT2D eigenvalue weighted by Gasteiger charge is 2.29. The minimum atomic E-state index is -0.349. The zero-order valence-electron chi connectivity index (χ0n) is 15.9. The molecule has 0 fully saturated rings. The first kappa shape index (κ1) is 21.0. The number of nitrogens with one attached hydrogen (secondary N) is 2. The Labute approximate surface area is 179 Å². The number of aryl methyl sites for hydroxylation is 1. The standard InChI is InChI=1S/C22H20ClN3O2S/c1-2-14-3-9-17(10-4-14)25-21(28)13-29-22-19(12-24)18(11-20(27)26-22)15-5-7-16(23)8-6-15/h3-10,18H,2,11,13H2,1H3,(H,25,28)(H,26,27)/t18-/m1/s1. The Hall–Kier alpha value is -2.75. The van der Waals surface area contributed by atoms with Crippen molar-refractivity contribution >= 4 is 40.9 Å². The van der Waals surface area contributed by atoms with Crippen LogP contribution in [0.25, 0.3) is 0 Å². The van der Waals surface area contributed by atoms with Crippen molar-refractivity contribution in [1.82, 2.24) is 5.32 Å². The summed E-state index contributed by atoms with van der Waals surface area (Å²) in [6.07, 6.45) is 1.12. The van der Waals surface area contributed by atoms with Crippen LogP contribution < -0.4 is 10.6 Å². The zero-order chi connectivity index (χ0) is 20.8. The molecule has 29 heavy (non-hydrogen) atoms. The van der Waals surface area contributed by atoms with E-state index in [0.29, 0.717) is 21.3 Å². The number of anilines is 1.